The molecule has 1 aliphatic rings. The minimum absolute atomic E-state index is 0.590. The highest BCUT2D eigenvalue weighted by molar-refractivity contribution is 7.15. The molecule has 0 spiro atoms. The van der Waals surface area contributed by atoms with Gasteiger partial charge in [-0.15, -0.1) is 11.3 Å². The molecule has 0 aliphatic heterocycles. The van der Waals surface area contributed by atoms with Gasteiger partial charge in [0.05, 0.1) is 5.56 Å². The van der Waals surface area contributed by atoms with E-state index >= 15 is 0 Å². The molecule has 0 aromatic carbocycles. The second-order valence-corrected chi connectivity index (χ2v) is 7.06. The third-order valence-electron chi connectivity index (χ3n) is 3.86. The molecule has 0 atom stereocenters. The Balaban J connectivity index is 1.67. The summed E-state index contributed by atoms with van der Waals surface area (Å²) in [5, 5.41) is 7.60. The number of thiazole rings is 1. The van der Waals surface area contributed by atoms with Crippen molar-refractivity contribution in [2.45, 2.75) is 39.0 Å². The molecule has 4 nitrogen and oxygen atoms in total. The summed E-state index contributed by atoms with van der Waals surface area (Å²) >= 11 is 3.07. The van der Waals surface area contributed by atoms with E-state index in [1.807, 2.05) is 6.92 Å². The fourth-order valence-electron chi connectivity index (χ4n) is 2.79. The molecule has 1 fully saturated rings. The van der Waals surface area contributed by atoms with Crippen molar-refractivity contribution in [2.75, 3.05) is 17.6 Å². The highest BCUT2D eigenvalue weighted by atomic mass is 32.1. The van der Waals surface area contributed by atoms with Crippen molar-refractivity contribution in [1.29, 1.82) is 0 Å². The first-order chi connectivity index (χ1) is 9.74. The zero-order chi connectivity index (χ0) is 13.9. The summed E-state index contributed by atoms with van der Waals surface area (Å²) in [4.78, 5) is 4.53. The van der Waals surface area contributed by atoms with Crippen molar-refractivity contribution in [3.05, 3.63) is 11.1 Å². The Labute approximate surface area is 127 Å². The lowest BCUT2D eigenvalue weighted by atomic mass is 10.0. The lowest BCUT2D eigenvalue weighted by Gasteiger charge is -2.10. The molecule has 0 saturated heterocycles. The van der Waals surface area contributed by atoms with Gasteiger partial charge in [-0.05, 0) is 30.8 Å². The number of hydrogen-bond acceptors (Lipinski definition) is 6. The van der Waals surface area contributed by atoms with E-state index in [9.17, 15) is 0 Å². The van der Waals surface area contributed by atoms with Crippen molar-refractivity contribution >= 4 is 33.7 Å². The molecule has 2 aromatic rings. The highest BCUT2D eigenvalue weighted by Gasteiger charge is 2.18. The smallest absolute Gasteiger partial charge is 0.149 e. The van der Waals surface area contributed by atoms with Crippen LogP contribution in [0.1, 0.15) is 37.8 Å². The number of aryl methyl sites for hydroxylation is 1. The molecule has 2 heterocycles. The number of nitrogens with zero attached hydrogens (tertiary/aromatic N) is 2. The van der Waals surface area contributed by atoms with E-state index < -0.39 is 0 Å². The normalized spacial score (nSPS) is 15.8. The van der Waals surface area contributed by atoms with Gasteiger partial charge in [0.15, 0.2) is 0 Å². The third-order valence-corrected chi connectivity index (χ3v) is 5.66. The molecule has 6 heteroatoms. The van der Waals surface area contributed by atoms with E-state index in [-0.39, 0.29) is 0 Å². The lowest BCUT2D eigenvalue weighted by Crippen LogP contribution is -2.06. The van der Waals surface area contributed by atoms with Crippen molar-refractivity contribution < 1.29 is 0 Å². The summed E-state index contributed by atoms with van der Waals surface area (Å²) in [5.41, 5.74) is 8.02. The molecule has 108 valence electrons. The molecule has 0 amide bonds. The van der Waals surface area contributed by atoms with E-state index in [0.29, 0.717) is 5.82 Å². The zero-order valence-corrected chi connectivity index (χ0v) is 13.3. The lowest BCUT2D eigenvalue weighted by molar-refractivity contribution is 0.519. The summed E-state index contributed by atoms with van der Waals surface area (Å²) in [6.07, 6.45) is 6.84. The van der Waals surface area contributed by atoms with Gasteiger partial charge >= 0.3 is 0 Å². The number of aromatic nitrogens is 2. The number of rotatable bonds is 5. The van der Waals surface area contributed by atoms with Crippen LogP contribution in [0.3, 0.4) is 0 Å². The molecule has 20 heavy (non-hydrogen) atoms. The minimum atomic E-state index is 0.590. The highest BCUT2D eigenvalue weighted by Crippen LogP contribution is 2.38. The topological polar surface area (TPSA) is 63.8 Å². The predicted octanol–water partition coefficient (Wildman–Crippen LogP) is 4.15. The largest absolute Gasteiger partial charge is 0.382 e. The standard InChI is InChI=1S/C14H20N4S2/c1-9-8-19-14(17-9)11-12(15)18-20-13(11)16-7-6-10-4-2-3-5-10/h8,10,16H,2-7H2,1H3,(H2,15,18). The van der Waals surface area contributed by atoms with Crippen LogP contribution >= 0.6 is 22.9 Å². The first-order valence-corrected chi connectivity index (χ1v) is 8.81. The first-order valence-electron chi connectivity index (χ1n) is 7.15. The number of hydrogen-bond donors (Lipinski definition) is 2. The Hall–Kier alpha value is -1.14. The Morgan fingerprint density at radius 3 is 2.90 bits per heavy atom. The number of anilines is 2. The fourth-order valence-corrected chi connectivity index (χ4v) is 4.45. The molecule has 0 bridgehead atoms. The van der Waals surface area contributed by atoms with Gasteiger partial charge in [-0.1, -0.05) is 25.7 Å². The van der Waals surface area contributed by atoms with E-state index in [0.717, 1.165) is 33.7 Å². The molecule has 3 rings (SSSR count). The van der Waals surface area contributed by atoms with Crippen molar-refractivity contribution in [3.63, 3.8) is 0 Å². The summed E-state index contributed by atoms with van der Waals surface area (Å²) in [7, 11) is 0. The molecule has 2 aromatic heterocycles. The summed E-state index contributed by atoms with van der Waals surface area (Å²) in [6, 6.07) is 0. The van der Waals surface area contributed by atoms with Crippen LogP contribution in [0.25, 0.3) is 10.6 Å². The first kappa shape index (κ1) is 13.8. The van der Waals surface area contributed by atoms with Crippen molar-refractivity contribution in [1.82, 2.24) is 9.36 Å². The monoisotopic (exact) mass is 308 g/mol. The average molecular weight is 308 g/mol. The van der Waals surface area contributed by atoms with E-state index in [1.165, 1.54) is 43.6 Å². The van der Waals surface area contributed by atoms with Crippen LogP contribution in [0.2, 0.25) is 0 Å². The van der Waals surface area contributed by atoms with Gasteiger partial charge in [-0.2, -0.15) is 4.37 Å². The van der Waals surface area contributed by atoms with Crippen molar-refractivity contribution in [2.24, 2.45) is 5.92 Å². The van der Waals surface area contributed by atoms with Crippen LogP contribution in [0.15, 0.2) is 5.38 Å². The van der Waals surface area contributed by atoms with E-state index in [2.05, 4.69) is 20.1 Å². The van der Waals surface area contributed by atoms with Crippen molar-refractivity contribution in [3.8, 4) is 10.6 Å². The molecule has 1 saturated carbocycles. The fraction of sp³-hybridized carbons (Fsp3) is 0.571. The van der Waals surface area contributed by atoms with Crippen LogP contribution in [0, 0.1) is 12.8 Å². The SMILES string of the molecule is Cc1csc(-c2c(N)nsc2NCCC2CCCC2)n1. The molecular weight excluding hydrogens is 288 g/mol. The van der Waals surface area contributed by atoms with Crippen LogP contribution in [-0.4, -0.2) is 15.9 Å². The minimum Gasteiger partial charge on any atom is -0.382 e. The van der Waals surface area contributed by atoms with Gasteiger partial charge in [0.1, 0.15) is 15.8 Å². The average Bonchev–Trinajstić information content (AvgIpc) is 3.12. The van der Waals surface area contributed by atoms with Crippen LogP contribution in [0.4, 0.5) is 10.8 Å². The second kappa shape index (κ2) is 6.10. The van der Waals surface area contributed by atoms with Gasteiger partial charge < -0.3 is 11.1 Å². The molecule has 1 aliphatic carbocycles. The van der Waals surface area contributed by atoms with Gasteiger partial charge in [0.25, 0.3) is 0 Å². The summed E-state index contributed by atoms with van der Waals surface area (Å²) in [5.74, 6) is 1.49. The van der Waals surface area contributed by atoms with Gasteiger partial charge in [0.2, 0.25) is 0 Å². The van der Waals surface area contributed by atoms with E-state index in [1.54, 1.807) is 11.3 Å². The second-order valence-electron chi connectivity index (χ2n) is 5.43. The Morgan fingerprint density at radius 2 is 2.20 bits per heavy atom. The Bertz CT molecular complexity index is 569. The summed E-state index contributed by atoms with van der Waals surface area (Å²) < 4.78 is 4.28. The molecule has 0 unspecified atom stereocenters. The summed E-state index contributed by atoms with van der Waals surface area (Å²) in [6.45, 7) is 3.01. The maximum absolute atomic E-state index is 6.00. The zero-order valence-electron chi connectivity index (χ0n) is 11.7. The third kappa shape index (κ3) is 2.96. The molecular formula is C14H20N4S2. The van der Waals surface area contributed by atoms with Gasteiger partial charge in [-0.3, -0.25) is 0 Å². The molecule has 3 N–H and O–H groups in total. The van der Waals surface area contributed by atoms with Crippen LogP contribution < -0.4 is 11.1 Å². The number of nitrogens with two attached hydrogens (primary N) is 1. The Morgan fingerprint density at radius 1 is 1.40 bits per heavy atom. The van der Waals surface area contributed by atoms with Crippen LogP contribution in [-0.2, 0) is 0 Å². The number of nitrogen functional groups attached to an aromatic ring is 1. The van der Waals surface area contributed by atoms with Gasteiger partial charge in [0, 0.05) is 17.6 Å². The van der Waals surface area contributed by atoms with Gasteiger partial charge in [-0.25, -0.2) is 4.98 Å². The maximum Gasteiger partial charge on any atom is 0.149 e. The van der Waals surface area contributed by atoms with Crippen LogP contribution in [0.5, 0.6) is 0 Å². The quantitative estimate of drug-likeness (QED) is 0.871. The van der Waals surface area contributed by atoms with E-state index in [4.69, 9.17) is 5.73 Å². The molecule has 0 radical (unpaired) electrons. The predicted molar refractivity (Wildman–Crippen MR) is 87.4 cm³/mol. The number of nitrogens with one attached hydrogen (secondary N) is 1. The Kier molecular flexibility index (Phi) is 4.21. The maximum atomic E-state index is 6.00.